The van der Waals surface area contributed by atoms with E-state index in [0.717, 1.165) is 11.2 Å². The highest BCUT2D eigenvalue weighted by Crippen LogP contribution is 2.19. The van der Waals surface area contributed by atoms with E-state index in [1.54, 1.807) is 6.08 Å². The molecule has 0 aliphatic heterocycles. The number of imidazole rings is 1. The van der Waals surface area contributed by atoms with Crippen LogP contribution in [-0.4, -0.2) is 40.8 Å². The summed E-state index contributed by atoms with van der Waals surface area (Å²) in [4.78, 5) is 18.8. The van der Waals surface area contributed by atoms with E-state index in [1.165, 1.54) is 6.08 Å². The molecule has 0 bridgehead atoms. The minimum atomic E-state index is -0.178. The lowest BCUT2D eigenvalue weighted by Gasteiger charge is -2.22. The topological polar surface area (TPSA) is 49.6 Å². The normalized spacial score (nSPS) is 12.8. The highest BCUT2D eigenvalue weighted by molar-refractivity contribution is 6.31. The highest BCUT2D eigenvalue weighted by atomic mass is 35.5. The fourth-order valence-corrected chi connectivity index (χ4v) is 3.04. The number of nitrogens with one attached hydrogen (secondary N) is 1. The van der Waals surface area contributed by atoms with Gasteiger partial charge in [-0.2, -0.15) is 0 Å². The number of hydrogen-bond donors (Lipinski definition) is 1. The van der Waals surface area contributed by atoms with E-state index in [0.29, 0.717) is 17.4 Å². The van der Waals surface area contributed by atoms with Crippen molar-refractivity contribution in [3.63, 3.8) is 0 Å². The van der Waals surface area contributed by atoms with Crippen molar-refractivity contribution < 1.29 is 4.79 Å². The summed E-state index contributed by atoms with van der Waals surface area (Å²) in [5, 5.41) is 3.42. The second-order valence-corrected chi connectivity index (χ2v) is 6.64. The SMILES string of the molecule is CN(C)C[C@H](NC(=O)/C=C/c1c(Cl)nc2ccccn12)c1ccccc1. The Balaban J connectivity index is 1.77. The van der Waals surface area contributed by atoms with Gasteiger partial charge in [0.15, 0.2) is 5.15 Å². The van der Waals surface area contributed by atoms with Crippen molar-refractivity contribution in [2.75, 3.05) is 20.6 Å². The molecule has 5 nitrogen and oxygen atoms in total. The molecule has 0 saturated carbocycles. The predicted octanol–water partition coefficient (Wildman–Crippen LogP) is 3.42. The Hall–Kier alpha value is -2.63. The number of rotatable bonds is 6. The van der Waals surface area contributed by atoms with Gasteiger partial charge >= 0.3 is 0 Å². The Morgan fingerprint density at radius 2 is 1.96 bits per heavy atom. The number of carbonyl (C=O) groups is 1. The van der Waals surface area contributed by atoms with Crippen LogP contribution in [0.2, 0.25) is 5.15 Å². The molecule has 0 fully saturated rings. The number of benzene rings is 1. The van der Waals surface area contributed by atoms with Crippen molar-refractivity contribution in [1.82, 2.24) is 19.6 Å². The number of likely N-dealkylation sites (N-methyl/N-ethyl adjacent to an activating group) is 1. The number of pyridine rings is 1. The molecule has 1 amide bonds. The maximum absolute atomic E-state index is 12.5. The molecule has 2 aromatic heterocycles. The largest absolute Gasteiger partial charge is 0.344 e. The van der Waals surface area contributed by atoms with Crippen molar-refractivity contribution in [1.29, 1.82) is 0 Å². The van der Waals surface area contributed by atoms with Crippen LogP contribution >= 0.6 is 11.6 Å². The molecule has 3 aromatic rings. The lowest BCUT2D eigenvalue weighted by atomic mass is 10.1. The number of aromatic nitrogens is 2. The van der Waals surface area contributed by atoms with Gasteiger partial charge in [-0.25, -0.2) is 4.98 Å². The van der Waals surface area contributed by atoms with Crippen LogP contribution in [-0.2, 0) is 4.79 Å². The van der Waals surface area contributed by atoms with Crippen LogP contribution < -0.4 is 5.32 Å². The van der Waals surface area contributed by atoms with Gasteiger partial charge in [0.05, 0.1) is 11.7 Å². The molecule has 0 aliphatic carbocycles. The third-order valence-electron chi connectivity index (χ3n) is 3.98. The molecular formula is C20H21ClN4O. The number of fused-ring (bicyclic) bond motifs is 1. The van der Waals surface area contributed by atoms with Gasteiger partial charge in [0.2, 0.25) is 5.91 Å². The monoisotopic (exact) mass is 368 g/mol. The first-order valence-corrected chi connectivity index (χ1v) is 8.73. The molecule has 0 radical (unpaired) electrons. The number of halogens is 1. The average Bonchev–Trinajstić information content (AvgIpc) is 2.95. The Labute approximate surface area is 157 Å². The summed E-state index contributed by atoms with van der Waals surface area (Å²) in [7, 11) is 3.96. The number of carbonyl (C=O) groups excluding carboxylic acids is 1. The molecule has 6 heteroatoms. The molecule has 26 heavy (non-hydrogen) atoms. The minimum absolute atomic E-state index is 0.0963. The Bertz CT molecular complexity index is 918. The third-order valence-corrected chi connectivity index (χ3v) is 4.26. The quantitative estimate of drug-likeness (QED) is 0.678. The summed E-state index contributed by atoms with van der Waals surface area (Å²) < 4.78 is 1.85. The first-order valence-electron chi connectivity index (χ1n) is 8.35. The van der Waals surface area contributed by atoms with Crippen LogP contribution in [0.4, 0.5) is 0 Å². The first-order chi connectivity index (χ1) is 12.5. The average molecular weight is 369 g/mol. The third kappa shape index (κ3) is 4.31. The molecule has 3 rings (SSSR count). The van der Waals surface area contributed by atoms with Crippen LogP contribution in [0.25, 0.3) is 11.7 Å². The van der Waals surface area contributed by atoms with E-state index >= 15 is 0 Å². The summed E-state index contributed by atoms with van der Waals surface area (Å²) in [6, 6.07) is 15.5. The number of amides is 1. The lowest BCUT2D eigenvalue weighted by Crippen LogP contribution is -2.34. The van der Waals surface area contributed by atoms with Gasteiger partial charge in [-0.05, 0) is 37.9 Å². The Morgan fingerprint density at radius 1 is 1.23 bits per heavy atom. The molecular weight excluding hydrogens is 348 g/mol. The Kier molecular flexibility index (Phi) is 5.71. The molecule has 0 spiro atoms. The fourth-order valence-electron chi connectivity index (χ4n) is 2.79. The zero-order valence-corrected chi connectivity index (χ0v) is 15.5. The minimum Gasteiger partial charge on any atom is -0.344 e. The van der Waals surface area contributed by atoms with Crippen LogP contribution in [0.5, 0.6) is 0 Å². The van der Waals surface area contributed by atoms with E-state index in [9.17, 15) is 4.79 Å². The zero-order valence-electron chi connectivity index (χ0n) is 14.8. The maximum Gasteiger partial charge on any atom is 0.244 e. The second-order valence-electron chi connectivity index (χ2n) is 6.28. The van der Waals surface area contributed by atoms with Crippen molar-refractivity contribution in [3.05, 3.63) is 77.2 Å². The Morgan fingerprint density at radius 3 is 2.69 bits per heavy atom. The van der Waals surface area contributed by atoms with E-state index in [2.05, 4.69) is 10.3 Å². The van der Waals surface area contributed by atoms with Crippen LogP contribution in [0.1, 0.15) is 17.3 Å². The van der Waals surface area contributed by atoms with Crippen molar-refractivity contribution in [2.45, 2.75) is 6.04 Å². The van der Waals surface area contributed by atoms with E-state index < -0.39 is 0 Å². The summed E-state index contributed by atoms with van der Waals surface area (Å²) >= 11 is 6.20. The summed E-state index contributed by atoms with van der Waals surface area (Å²) in [6.07, 6.45) is 5.05. The van der Waals surface area contributed by atoms with Crippen molar-refractivity contribution in [3.8, 4) is 0 Å². The highest BCUT2D eigenvalue weighted by Gasteiger charge is 2.14. The smallest absolute Gasteiger partial charge is 0.244 e. The van der Waals surface area contributed by atoms with Crippen LogP contribution in [0, 0.1) is 0 Å². The van der Waals surface area contributed by atoms with Gasteiger partial charge in [-0.1, -0.05) is 48.0 Å². The van der Waals surface area contributed by atoms with Crippen LogP contribution in [0.15, 0.2) is 60.8 Å². The molecule has 0 saturated heterocycles. The zero-order chi connectivity index (χ0) is 18.5. The van der Waals surface area contributed by atoms with E-state index in [-0.39, 0.29) is 11.9 Å². The molecule has 1 N–H and O–H groups in total. The van der Waals surface area contributed by atoms with Gasteiger partial charge in [0.25, 0.3) is 0 Å². The van der Waals surface area contributed by atoms with Crippen molar-refractivity contribution >= 4 is 29.2 Å². The van der Waals surface area contributed by atoms with Gasteiger partial charge in [0, 0.05) is 18.8 Å². The molecule has 0 unspecified atom stereocenters. The molecule has 134 valence electrons. The standard InChI is InChI=1S/C20H21ClN4O/c1-24(2)14-16(15-8-4-3-5-9-15)22-19(26)12-11-17-20(21)23-18-10-6-7-13-25(17)18/h3-13,16H,14H2,1-2H3,(H,22,26)/b12-11+/t16-/m0/s1. The van der Waals surface area contributed by atoms with E-state index in [1.807, 2.05) is 78.1 Å². The molecule has 0 aliphatic rings. The van der Waals surface area contributed by atoms with Gasteiger partial charge in [-0.15, -0.1) is 0 Å². The second kappa shape index (κ2) is 8.17. The maximum atomic E-state index is 12.5. The predicted molar refractivity (Wildman–Crippen MR) is 105 cm³/mol. The van der Waals surface area contributed by atoms with Gasteiger partial charge in [0.1, 0.15) is 5.65 Å². The van der Waals surface area contributed by atoms with Crippen LogP contribution in [0.3, 0.4) is 0 Å². The van der Waals surface area contributed by atoms with Gasteiger partial charge in [-0.3, -0.25) is 9.20 Å². The summed E-state index contributed by atoms with van der Waals surface area (Å²) in [6.45, 7) is 0.708. The van der Waals surface area contributed by atoms with Gasteiger partial charge < -0.3 is 10.2 Å². The number of nitrogens with zero attached hydrogens (tertiary/aromatic N) is 3. The first kappa shape index (κ1) is 18.2. The summed E-state index contributed by atoms with van der Waals surface area (Å²) in [5.74, 6) is -0.178. The molecule has 1 atom stereocenters. The fraction of sp³-hybridized carbons (Fsp3) is 0.200. The lowest BCUT2D eigenvalue weighted by molar-refractivity contribution is -0.117. The molecule has 1 aromatic carbocycles. The summed E-state index contributed by atoms with van der Waals surface area (Å²) in [5.41, 5.74) is 2.49. The number of hydrogen-bond acceptors (Lipinski definition) is 3. The molecule has 2 heterocycles. The van der Waals surface area contributed by atoms with E-state index in [4.69, 9.17) is 11.6 Å². The van der Waals surface area contributed by atoms with Crippen molar-refractivity contribution in [2.24, 2.45) is 0 Å².